The summed E-state index contributed by atoms with van der Waals surface area (Å²) in [6.07, 6.45) is 2.55. The van der Waals surface area contributed by atoms with Gasteiger partial charge in [0.1, 0.15) is 4.90 Å². The molecular weight excluding hydrogens is 432 g/mol. The number of primary sulfonamides is 1. The first-order valence-corrected chi connectivity index (χ1v) is 10.4. The van der Waals surface area contributed by atoms with Crippen LogP contribution in [0.25, 0.3) is 5.69 Å². The van der Waals surface area contributed by atoms with Gasteiger partial charge in [-0.2, -0.15) is 5.10 Å². The van der Waals surface area contributed by atoms with Crippen LogP contribution in [0, 0.1) is 0 Å². The molecule has 0 fully saturated rings. The fraction of sp³-hybridized carbons (Fsp3) is 0.105. The van der Waals surface area contributed by atoms with E-state index in [1.54, 1.807) is 24.3 Å². The number of carbonyl (C=O) groups is 2. The Balaban J connectivity index is 1.90. The molecule has 3 aromatic rings. The van der Waals surface area contributed by atoms with E-state index in [0.29, 0.717) is 10.6 Å². The number of ether oxygens (including phenoxy) is 1. The highest BCUT2D eigenvalue weighted by atomic mass is 35.5. The highest BCUT2D eigenvalue weighted by molar-refractivity contribution is 7.89. The van der Waals surface area contributed by atoms with E-state index in [1.807, 2.05) is 0 Å². The average molecular weight is 449 g/mol. The van der Waals surface area contributed by atoms with Crippen LogP contribution in [0.5, 0.6) is 0 Å². The van der Waals surface area contributed by atoms with Crippen molar-refractivity contribution < 1.29 is 22.7 Å². The van der Waals surface area contributed by atoms with Crippen LogP contribution in [-0.4, -0.2) is 37.2 Å². The highest BCUT2D eigenvalue weighted by Gasteiger charge is 2.19. The number of aromatic nitrogens is 2. The van der Waals surface area contributed by atoms with E-state index in [4.69, 9.17) is 16.7 Å². The molecule has 3 N–H and O–H groups in total. The minimum atomic E-state index is -4.17. The number of sulfonamides is 1. The lowest BCUT2D eigenvalue weighted by Crippen LogP contribution is -2.18. The summed E-state index contributed by atoms with van der Waals surface area (Å²) in [6, 6.07) is 11.0. The van der Waals surface area contributed by atoms with Gasteiger partial charge in [0.05, 0.1) is 31.0 Å². The Labute approximate surface area is 177 Å². The van der Waals surface area contributed by atoms with Gasteiger partial charge in [0.2, 0.25) is 15.9 Å². The van der Waals surface area contributed by atoms with E-state index in [2.05, 4.69) is 15.2 Å². The third-order valence-corrected chi connectivity index (χ3v) is 5.42. The predicted octanol–water partition coefficient (Wildman–Crippen LogP) is 2.14. The van der Waals surface area contributed by atoms with Crippen molar-refractivity contribution in [2.75, 3.05) is 12.4 Å². The minimum absolute atomic E-state index is 0.00772. The minimum Gasteiger partial charge on any atom is -0.465 e. The van der Waals surface area contributed by atoms with Gasteiger partial charge in [-0.1, -0.05) is 29.8 Å². The number of halogens is 1. The number of anilines is 1. The molecule has 1 aromatic heterocycles. The topological polar surface area (TPSA) is 133 Å². The van der Waals surface area contributed by atoms with Crippen LogP contribution in [0.15, 0.2) is 59.8 Å². The van der Waals surface area contributed by atoms with Crippen molar-refractivity contribution in [3.8, 4) is 5.69 Å². The third kappa shape index (κ3) is 4.85. The van der Waals surface area contributed by atoms with Gasteiger partial charge in [-0.25, -0.2) is 23.0 Å². The Kier molecular flexibility index (Phi) is 6.20. The molecule has 0 atom stereocenters. The van der Waals surface area contributed by atoms with E-state index in [1.165, 1.54) is 42.4 Å². The van der Waals surface area contributed by atoms with Gasteiger partial charge in [0.25, 0.3) is 0 Å². The number of nitrogens with two attached hydrogens (primary N) is 1. The van der Waals surface area contributed by atoms with Crippen LogP contribution in [0.1, 0.15) is 15.9 Å². The molecule has 1 heterocycles. The summed E-state index contributed by atoms with van der Waals surface area (Å²) in [7, 11) is -2.95. The zero-order valence-corrected chi connectivity index (χ0v) is 17.3. The summed E-state index contributed by atoms with van der Waals surface area (Å²) in [5.74, 6) is -1.01. The highest BCUT2D eigenvalue weighted by Crippen LogP contribution is 2.24. The molecule has 0 aliphatic heterocycles. The van der Waals surface area contributed by atoms with Gasteiger partial charge in [-0.15, -0.1) is 0 Å². The molecule has 0 unspecified atom stereocenters. The van der Waals surface area contributed by atoms with Gasteiger partial charge in [-0.05, 0) is 29.8 Å². The molecule has 30 heavy (non-hydrogen) atoms. The van der Waals surface area contributed by atoms with Crippen molar-refractivity contribution in [2.45, 2.75) is 11.3 Å². The number of amides is 1. The second kappa shape index (κ2) is 8.66. The summed E-state index contributed by atoms with van der Waals surface area (Å²) in [4.78, 5) is 23.7. The fourth-order valence-corrected chi connectivity index (χ4v) is 3.65. The molecule has 0 saturated heterocycles. The quantitative estimate of drug-likeness (QED) is 0.555. The predicted molar refractivity (Wildman–Crippen MR) is 110 cm³/mol. The maximum Gasteiger partial charge on any atom is 0.341 e. The van der Waals surface area contributed by atoms with E-state index in [-0.39, 0.29) is 34.2 Å². The number of methoxy groups -OCH3 is 1. The smallest absolute Gasteiger partial charge is 0.341 e. The summed E-state index contributed by atoms with van der Waals surface area (Å²) in [5.41, 5.74) is 1.10. The molecular formula is C19H17ClN4O5S. The number of carbonyl (C=O) groups excluding carboxylic acids is 2. The average Bonchev–Trinajstić information content (AvgIpc) is 3.18. The molecule has 9 nitrogen and oxygen atoms in total. The second-order valence-corrected chi connectivity index (χ2v) is 8.15. The van der Waals surface area contributed by atoms with Gasteiger partial charge in [-0.3, -0.25) is 4.79 Å². The maximum absolute atomic E-state index is 12.3. The fourth-order valence-electron chi connectivity index (χ4n) is 2.71. The first kappa shape index (κ1) is 21.5. The number of esters is 1. The monoisotopic (exact) mass is 448 g/mol. The largest absolute Gasteiger partial charge is 0.465 e. The molecule has 2 aromatic carbocycles. The summed E-state index contributed by atoms with van der Waals surface area (Å²) >= 11 is 6.06. The lowest BCUT2D eigenvalue weighted by molar-refractivity contribution is -0.115. The molecule has 1 amide bonds. The van der Waals surface area contributed by atoms with Crippen molar-refractivity contribution in [2.24, 2.45) is 5.14 Å². The van der Waals surface area contributed by atoms with E-state index in [0.717, 1.165) is 0 Å². The standard InChI is InChI=1S/C19H17ClN4O5S/c1-29-19(26)13-10-22-24(11-13)16-7-6-14(9-17(16)30(21,27)28)23-18(25)8-12-4-2-3-5-15(12)20/h2-7,9-11H,8H2,1H3,(H,23,25)(H2,21,27,28). The first-order chi connectivity index (χ1) is 14.2. The first-order valence-electron chi connectivity index (χ1n) is 8.52. The molecule has 0 radical (unpaired) electrons. The van der Waals surface area contributed by atoms with E-state index in [9.17, 15) is 18.0 Å². The van der Waals surface area contributed by atoms with Crippen LogP contribution in [0.3, 0.4) is 0 Å². The number of nitrogens with zero attached hydrogens (tertiary/aromatic N) is 2. The van der Waals surface area contributed by atoms with Crippen LogP contribution < -0.4 is 10.5 Å². The number of hydrogen-bond acceptors (Lipinski definition) is 6. The summed E-state index contributed by atoms with van der Waals surface area (Å²) in [5, 5.41) is 12.4. The zero-order chi connectivity index (χ0) is 21.9. The lowest BCUT2D eigenvalue weighted by atomic mass is 10.1. The SMILES string of the molecule is COC(=O)c1cnn(-c2ccc(NC(=O)Cc3ccccc3Cl)cc2S(N)(=O)=O)c1. The Morgan fingerprint density at radius 1 is 1.23 bits per heavy atom. The van der Waals surface area contributed by atoms with E-state index >= 15 is 0 Å². The van der Waals surface area contributed by atoms with Crippen molar-refractivity contribution in [3.05, 3.63) is 71.0 Å². The molecule has 11 heteroatoms. The van der Waals surface area contributed by atoms with Crippen molar-refractivity contribution in [1.82, 2.24) is 9.78 Å². The Bertz CT molecular complexity index is 1220. The lowest BCUT2D eigenvalue weighted by Gasteiger charge is -2.12. The van der Waals surface area contributed by atoms with Gasteiger partial charge >= 0.3 is 5.97 Å². The van der Waals surface area contributed by atoms with Gasteiger partial charge < -0.3 is 10.1 Å². The summed E-state index contributed by atoms with van der Waals surface area (Å²) < 4.78 is 30.0. The van der Waals surface area contributed by atoms with Crippen LogP contribution in [0.4, 0.5) is 5.69 Å². The summed E-state index contributed by atoms with van der Waals surface area (Å²) in [6.45, 7) is 0. The molecule has 0 bridgehead atoms. The van der Waals surface area contributed by atoms with Crippen molar-refractivity contribution in [3.63, 3.8) is 0 Å². The number of rotatable bonds is 6. The van der Waals surface area contributed by atoms with Crippen molar-refractivity contribution >= 4 is 39.2 Å². The zero-order valence-electron chi connectivity index (χ0n) is 15.7. The van der Waals surface area contributed by atoms with Crippen molar-refractivity contribution in [1.29, 1.82) is 0 Å². The van der Waals surface area contributed by atoms with E-state index < -0.39 is 16.0 Å². The molecule has 0 aliphatic carbocycles. The normalized spacial score (nSPS) is 11.2. The molecule has 0 saturated carbocycles. The maximum atomic E-state index is 12.3. The molecule has 156 valence electrons. The van der Waals surface area contributed by atoms with Gasteiger partial charge in [0.15, 0.2) is 0 Å². The van der Waals surface area contributed by atoms with Crippen LogP contribution in [0.2, 0.25) is 5.02 Å². The third-order valence-electron chi connectivity index (χ3n) is 4.11. The molecule has 3 rings (SSSR count). The molecule has 0 spiro atoms. The van der Waals surface area contributed by atoms with Gasteiger partial charge in [0, 0.05) is 16.9 Å². The van der Waals surface area contributed by atoms with Crippen LogP contribution in [-0.2, 0) is 26.0 Å². The van der Waals surface area contributed by atoms with Crippen LogP contribution >= 0.6 is 11.6 Å². The number of benzene rings is 2. The number of nitrogens with one attached hydrogen (secondary N) is 1. The second-order valence-electron chi connectivity index (χ2n) is 6.21. The molecule has 0 aliphatic rings. The number of hydrogen-bond donors (Lipinski definition) is 2. The Morgan fingerprint density at radius 3 is 2.63 bits per heavy atom. The Morgan fingerprint density at radius 2 is 1.97 bits per heavy atom. The Hall–Kier alpha value is -3.21.